The van der Waals surface area contributed by atoms with Gasteiger partial charge in [-0.25, -0.2) is 4.98 Å². The van der Waals surface area contributed by atoms with Gasteiger partial charge in [0.2, 0.25) is 0 Å². The Morgan fingerprint density at radius 2 is 1.94 bits per heavy atom. The van der Waals surface area contributed by atoms with Crippen LogP contribution < -0.4 is 5.73 Å². The average molecular weight is 222 g/mol. The molecule has 0 amide bonds. The van der Waals surface area contributed by atoms with Gasteiger partial charge in [0.1, 0.15) is 0 Å². The predicted octanol–water partition coefficient (Wildman–Crippen LogP) is 3.53. The number of nitrogens with zero attached hydrogens (tertiary/aromatic N) is 1. The first-order chi connectivity index (χ1) is 8.29. The number of anilines is 1. The fraction of sp³-hybridized carbons (Fsp3) is 0.133. The number of hydrogen-bond acceptors (Lipinski definition) is 2. The monoisotopic (exact) mass is 222 g/mol. The van der Waals surface area contributed by atoms with Gasteiger partial charge >= 0.3 is 0 Å². The second-order valence-corrected chi connectivity index (χ2v) is 4.24. The summed E-state index contributed by atoms with van der Waals surface area (Å²) in [6.45, 7) is 2.15. The van der Waals surface area contributed by atoms with Gasteiger partial charge in [0.15, 0.2) is 0 Å². The van der Waals surface area contributed by atoms with E-state index in [0.717, 1.165) is 33.9 Å². The smallest absolute Gasteiger partial charge is 0.0741 e. The molecule has 0 saturated carbocycles. The number of rotatable bonds is 1. The van der Waals surface area contributed by atoms with Gasteiger partial charge in [0.05, 0.1) is 11.0 Å². The Morgan fingerprint density at radius 1 is 1.12 bits per heavy atom. The van der Waals surface area contributed by atoms with Crippen molar-refractivity contribution < 1.29 is 0 Å². The van der Waals surface area contributed by atoms with Crippen LogP contribution >= 0.6 is 0 Å². The van der Waals surface area contributed by atoms with Crippen LogP contribution in [0, 0.1) is 0 Å². The summed E-state index contributed by atoms with van der Waals surface area (Å²) in [5.41, 5.74) is 10.1. The molecule has 0 unspecified atom stereocenters. The van der Waals surface area contributed by atoms with Gasteiger partial charge in [-0.2, -0.15) is 0 Å². The van der Waals surface area contributed by atoms with Gasteiger partial charge in [-0.1, -0.05) is 31.2 Å². The molecule has 2 nitrogen and oxygen atoms in total. The van der Waals surface area contributed by atoms with Crippen molar-refractivity contribution in [1.82, 2.24) is 4.98 Å². The maximum Gasteiger partial charge on any atom is 0.0741 e. The van der Waals surface area contributed by atoms with Crippen LogP contribution in [-0.4, -0.2) is 4.98 Å². The molecule has 0 fully saturated rings. The molecule has 0 bridgehead atoms. The van der Waals surface area contributed by atoms with E-state index in [1.165, 1.54) is 5.56 Å². The molecule has 0 aliphatic heterocycles. The molecular weight excluding hydrogens is 208 g/mol. The van der Waals surface area contributed by atoms with Crippen molar-refractivity contribution in [1.29, 1.82) is 0 Å². The third-order valence-corrected chi connectivity index (χ3v) is 3.18. The Balaban J connectivity index is 2.48. The third-order valence-electron chi connectivity index (χ3n) is 3.18. The van der Waals surface area contributed by atoms with Crippen LogP contribution in [0.2, 0.25) is 0 Å². The zero-order chi connectivity index (χ0) is 11.8. The van der Waals surface area contributed by atoms with Gasteiger partial charge in [0, 0.05) is 16.5 Å². The molecule has 1 aromatic heterocycles. The minimum atomic E-state index is 0.791. The number of hydrogen-bond donors (Lipinski definition) is 1. The molecule has 3 rings (SSSR count). The highest BCUT2D eigenvalue weighted by Crippen LogP contribution is 2.25. The van der Waals surface area contributed by atoms with Crippen LogP contribution in [0.15, 0.2) is 42.5 Å². The molecule has 1 heterocycles. The summed E-state index contributed by atoms with van der Waals surface area (Å²) in [4.78, 5) is 4.73. The SMILES string of the molecule is CCc1cccc2cc3c(N)cccc3nc12. The lowest BCUT2D eigenvalue weighted by atomic mass is 10.0. The molecule has 0 atom stereocenters. The van der Waals surface area contributed by atoms with Crippen molar-refractivity contribution in [2.75, 3.05) is 5.73 Å². The first-order valence-electron chi connectivity index (χ1n) is 5.86. The Labute approximate surface area is 100 Å². The van der Waals surface area contributed by atoms with Crippen LogP contribution in [0.4, 0.5) is 5.69 Å². The Bertz CT molecular complexity index is 702. The van der Waals surface area contributed by atoms with Gasteiger partial charge in [-0.05, 0) is 30.2 Å². The van der Waals surface area contributed by atoms with Gasteiger partial charge in [-0.15, -0.1) is 0 Å². The van der Waals surface area contributed by atoms with E-state index in [-0.39, 0.29) is 0 Å². The standard InChI is InChI=1S/C15H14N2/c1-2-10-5-3-6-11-9-12-13(16)7-4-8-14(12)17-15(10)11/h3-9H,2,16H2,1H3. The Morgan fingerprint density at radius 3 is 2.76 bits per heavy atom. The molecule has 2 aromatic carbocycles. The van der Waals surface area contributed by atoms with Crippen molar-refractivity contribution in [3.63, 3.8) is 0 Å². The van der Waals surface area contributed by atoms with Crippen molar-refractivity contribution >= 4 is 27.5 Å². The average Bonchev–Trinajstić information content (AvgIpc) is 2.36. The Kier molecular flexibility index (Phi) is 2.22. The quantitative estimate of drug-likeness (QED) is 0.505. The molecule has 0 aliphatic rings. The van der Waals surface area contributed by atoms with Crippen molar-refractivity contribution in [3.05, 3.63) is 48.0 Å². The summed E-state index contributed by atoms with van der Waals surface area (Å²) in [6, 6.07) is 14.3. The molecule has 0 saturated heterocycles. The van der Waals surface area contributed by atoms with E-state index in [1.807, 2.05) is 18.2 Å². The van der Waals surface area contributed by atoms with Crippen LogP contribution in [0.25, 0.3) is 21.8 Å². The number of para-hydroxylation sites is 1. The molecular formula is C15H14N2. The largest absolute Gasteiger partial charge is 0.398 e. The highest BCUT2D eigenvalue weighted by Gasteiger charge is 2.04. The van der Waals surface area contributed by atoms with Crippen molar-refractivity contribution in [2.45, 2.75) is 13.3 Å². The van der Waals surface area contributed by atoms with E-state index in [9.17, 15) is 0 Å². The van der Waals surface area contributed by atoms with E-state index < -0.39 is 0 Å². The third kappa shape index (κ3) is 1.53. The minimum absolute atomic E-state index is 0.791. The lowest BCUT2D eigenvalue weighted by Gasteiger charge is -2.07. The second-order valence-electron chi connectivity index (χ2n) is 4.24. The summed E-state index contributed by atoms with van der Waals surface area (Å²) >= 11 is 0. The van der Waals surface area contributed by atoms with E-state index in [0.29, 0.717) is 0 Å². The van der Waals surface area contributed by atoms with Crippen LogP contribution in [0.3, 0.4) is 0 Å². The van der Waals surface area contributed by atoms with Gasteiger partial charge in [0.25, 0.3) is 0 Å². The van der Waals surface area contributed by atoms with Crippen molar-refractivity contribution in [3.8, 4) is 0 Å². The van der Waals surface area contributed by atoms with Gasteiger partial charge in [-0.3, -0.25) is 0 Å². The summed E-state index contributed by atoms with van der Waals surface area (Å²) in [6.07, 6.45) is 0.998. The first-order valence-corrected chi connectivity index (χ1v) is 5.86. The second kappa shape index (κ2) is 3.74. The number of fused-ring (bicyclic) bond motifs is 2. The number of aromatic nitrogens is 1. The summed E-state index contributed by atoms with van der Waals surface area (Å²) in [7, 11) is 0. The zero-order valence-electron chi connectivity index (χ0n) is 9.77. The van der Waals surface area contributed by atoms with Crippen molar-refractivity contribution in [2.24, 2.45) is 0 Å². The maximum atomic E-state index is 5.98. The number of benzene rings is 2. The first kappa shape index (κ1) is 10.1. The van der Waals surface area contributed by atoms with E-state index in [1.54, 1.807) is 0 Å². The lowest BCUT2D eigenvalue weighted by molar-refractivity contribution is 1.15. The highest BCUT2D eigenvalue weighted by molar-refractivity contribution is 5.99. The van der Waals surface area contributed by atoms with E-state index >= 15 is 0 Å². The number of pyridine rings is 1. The molecule has 0 aliphatic carbocycles. The number of aryl methyl sites for hydroxylation is 1. The van der Waals surface area contributed by atoms with Crippen LogP contribution in [0.1, 0.15) is 12.5 Å². The summed E-state index contributed by atoms with van der Waals surface area (Å²) in [5.74, 6) is 0. The molecule has 3 aromatic rings. The zero-order valence-corrected chi connectivity index (χ0v) is 9.77. The number of nitrogen functional groups attached to an aromatic ring is 1. The van der Waals surface area contributed by atoms with Crippen LogP contribution in [-0.2, 0) is 6.42 Å². The minimum Gasteiger partial charge on any atom is -0.398 e. The normalized spacial score (nSPS) is 11.1. The summed E-state index contributed by atoms with van der Waals surface area (Å²) in [5, 5.41) is 2.20. The lowest BCUT2D eigenvalue weighted by Crippen LogP contribution is -1.91. The van der Waals surface area contributed by atoms with Crippen LogP contribution in [0.5, 0.6) is 0 Å². The van der Waals surface area contributed by atoms with E-state index in [4.69, 9.17) is 10.7 Å². The highest BCUT2D eigenvalue weighted by atomic mass is 14.7. The molecule has 84 valence electrons. The summed E-state index contributed by atoms with van der Waals surface area (Å²) < 4.78 is 0. The number of nitrogens with two attached hydrogens (primary N) is 1. The maximum absolute atomic E-state index is 5.98. The fourth-order valence-electron chi connectivity index (χ4n) is 2.25. The van der Waals surface area contributed by atoms with E-state index in [2.05, 4.69) is 31.2 Å². The molecule has 2 heteroatoms. The predicted molar refractivity (Wildman–Crippen MR) is 73.0 cm³/mol. The Hall–Kier alpha value is -2.09. The molecule has 17 heavy (non-hydrogen) atoms. The topological polar surface area (TPSA) is 38.9 Å². The molecule has 2 N–H and O–H groups in total. The van der Waals surface area contributed by atoms with Gasteiger partial charge < -0.3 is 5.73 Å². The molecule has 0 spiro atoms. The molecule has 0 radical (unpaired) electrons. The fourth-order valence-corrected chi connectivity index (χ4v) is 2.25.